The first kappa shape index (κ1) is 12.9. The van der Waals surface area contributed by atoms with Crippen LogP contribution in [0.25, 0.3) is 0 Å². The first-order chi connectivity index (χ1) is 8.19. The van der Waals surface area contributed by atoms with Crippen molar-refractivity contribution in [1.82, 2.24) is 5.32 Å². The SMILES string of the molecule is CCNCc1ccc([N+](=O)[O-])c(OCC#N)c1. The maximum atomic E-state index is 10.7. The van der Waals surface area contributed by atoms with Gasteiger partial charge in [0.25, 0.3) is 0 Å². The maximum absolute atomic E-state index is 10.7. The zero-order valence-electron chi connectivity index (χ0n) is 9.47. The molecular formula is C11H13N3O3. The summed E-state index contributed by atoms with van der Waals surface area (Å²) in [5.41, 5.74) is 0.755. The molecule has 0 unspecified atom stereocenters. The molecule has 0 aromatic heterocycles. The highest BCUT2D eigenvalue weighted by molar-refractivity contribution is 5.48. The van der Waals surface area contributed by atoms with Gasteiger partial charge in [-0.1, -0.05) is 13.0 Å². The van der Waals surface area contributed by atoms with E-state index in [1.807, 2.05) is 6.92 Å². The highest BCUT2D eigenvalue weighted by Gasteiger charge is 2.15. The van der Waals surface area contributed by atoms with Crippen LogP contribution < -0.4 is 10.1 Å². The van der Waals surface area contributed by atoms with E-state index >= 15 is 0 Å². The zero-order chi connectivity index (χ0) is 12.7. The fourth-order valence-electron chi connectivity index (χ4n) is 1.31. The lowest BCUT2D eigenvalue weighted by atomic mass is 10.2. The van der Waals surface area contributed by atoms with E-state index in [-0.39, 0.29) is 18.0 Å². The lowest BCUT2D eigenvalue weighted by molar-refractivity contribution is -0.385. The largest absolute Gasteiger partial charge is 0.472 e. The molecule has 0 aliphatic rings. The molecule has 0 spiro atoms. The summed E-state index contributed by atoms with van der Waals surface area (Å²) in [7, 11) is 0. The summed E-state index contributed by atoms with van der Waals surface area (Å²) >= 11 is 0. The molecule has 0 saturated heterocycles. The molecule has 0 bridgehead atoms. The fourth-order valence-corrected chi connectivity index (χ4v) is 1.31. The topological polar surface area (TPSA) is 88.2 Å². The zero-order valence-corrected chi connectivity index (χ0v) is 9.47. The third-order valence-corrected chi connectivity index (χ3v) is 2.09. The molecule has 1 rings (SSSR count). The predicted octanol–water partition coefficient (Wildman–Crippen LogP) is 1.61. The Labute approximate surface area is 99.0 Å². The number of nitriles is 1. The van der Waals surface area contributed by atoms with E-state index in [0.29, 0.717) is 6.54 Å². The van der Waals surface area contributed by atoms with Gasteiger partial charge in [-0.3, -0.25) is 10.1 Å². The Morgan fingerprint density at radius 2 is 2.35 bits per heavy atom. The van der Waals surface area contributed by atoms with Crippen molar-refractivity contribution in [3.8, 4) is 11.8 Å². The van der Waals surface area contributed by atoms with E-state index < -0.39 is 4.92 Å². The van der Waals surface area contributed by atoms with Gasteiger partial charge in [-0.25, -0.2) is 0 Å². The Morgan fingerprint density at radius 1 is 1.59 bits per heavy atom. The molecule has 0 atom stereocenters. The summed E-state index contributed by atoms with van der Waals surface area (Å²) in [5, 5.41) is 22.3. The minimum absolute atomic E-state index is 0.125. The van der Waals surface area contributed by atoms with E-state index in [4.69, 9.17) is 10.00 Å². The Kier molecular flexibility index (Phi) is 4.91. The van der Waals surface area contributed by atoms with Crippen LogP contribution in [0.3, 0.4) is 0 Å². The molecule has 0 radical (unpaired) electrons. The van der Waals surface area contributed by atoms with Gasteiger partial charge in [-0.2, -0.15) is 5.26 Å². The number of nitrogens with one attached hydrogen (secondary N) is 1. The maximum Gasteiger partial charge on any atom is 0.310 e. The number of ether oxygens (including phenoxy) is 1. The smallest absolute Gasteiger partial charge is 0.310 e. The van der Waals surface area contributed by atoms with Crippen molar-refractivity contribution >= 4 is 5.69 Å². The summed E-state index contributed by atoms with van der Waals surface area (Å²) in [6, 6.07) is 6.42. The van der Waals surface area contributed by atoms with Crippen LogP contribution in [0.5, 0.6) is 5.75 Å². The number of benzene rings is 1. The molecular weight excluding hydrogens is 222 g/mol. The van der Waals surface area contributed by atoms with Crippen LogP contribution in [-0.2, 0) is 6.54 Å². The third-order valence-electron chi connectivity index (χ3n) is 2.09. The van der Waals surface area contributed by atoms with Crippen LogP contribution in [0.4, 0.5) is 5.69 Å². The Hall–Kier alpha value is -2.13. The van der Waals surface area contributed by atoms with Crippen molar-refractivity contribution < 1.29 is 9.66 Å². The molecule has 0 amide bonds. The van der Waals surface area contributed by atoms with E-state index in [1.54, 1.807) is 18.2 Å². The van der Waals surface area contributed by atoms with E-state index in [2.05, 4.69) is 5.32 Å². The minimum atomic E-state index is -0.524. The Morgan fingerprint density at radius 3 is 2.94 bits per heavy atom. The van der Waals surface area contributed by atoms with Gasteiger partial charge in [0.15, 0.2) is 12.4 Å². The normalized spacial score (nSPS) is 9.65. The molecule has 0 saturated carbocycles. The Bertz CT molecular complexity index is 440. The lowest BCUT2D eigenvalue weighted by Gasteiger charge is -2.06. The van der Waals surface area contributed by atoms with Crippen LogP contribution in [0.15, 0.2) is 18.2 Å². The predicted molar refractivity (Wildman–Crippen MR) is 61.6 cm³/mol. The lowest BCUT2D eigenvalue weighted by Crippen LogP contribution is -2.12. The quantitative estimate of drug-likeness (QED) is 0.597. The van der Waals surface area contributed by atoms with E-state index in [9.17, 15) is 10.1 Å². The highest BCUT2D eigenvalue weighted by Crippen LogP contribution is 2.27. The molecule has 1 aromatic carbocycles. The molecule has 1 N–H and O–H groups in total. The van der Waals surface area contributed by atoms with Gasteiger partial charge in [-0.15, -0.1) is 0 Å². The van der Waals surface area contributed by atoms with Gasteiger partial charge in [-0.05, 0) is 18.2 Å². The van der Waals surface area contributed by atoms with Crippen molar-refractivity contribution in [2.24, 2.45) is 0 Å². The number of nitro benzene ring substituents is 1. The molecule has 0 heterocycles. The second-order valence-electron chi connectivity index (χ2n) is 3.29. The van der Waals surface area contributed by atoms with Crippen molar-refractivity contribution in [3.63, 3.8) is 0 Å². The number of rotatable bonds is 6. The van der Waals surface area contributed by atoms with Crippen LogP contribution in [-0.4, -0.2) is 18.1 Å². The van der Waals surface area contributed by atoms with Crippen molar-refractivity contribution in [2.75, 3.05) is 13.2 Å². The first-order valence-corrected chi connectivity index (χ1v) is 5.16. The molecule has 0 fully saturated rings. The van der Waals surface area contributed by atoms with Gasteiger partial charge in [0.1, 0.15) is 6.07 Å². The number of hydrogen-bond acceptors (Lipinski definition) is 5. The second kappa shape index (κ2) is 6.45. The highest BCUT2D eigenvalue weighted by atomic mass is 16.6. The molecule has 6 nitrogen and oxygen atoms in total. The van der Waals surface area contributed by atoms with E-state index in [1.165, 1.54) is 6.07 Å². The molecule has 17 heavy (non-hydrogen) atoms. The van der Waals surface area contributed by atoms with Crippen LogP contribution in [0.1, 0.15) is 12.5 Å². The van der Waals surface area contributed by atoms with E-state index in [0.717, 1.165) is 12.1 Å². The Balaban J connectivity index is 2.93. The van der Waals surface area contributed by atoms with Crippen LogP contribution >= 0.6 is 0 Å². The van der Waals surface area contributed by atoms with Gasteiger partial charge in [0.2, 0.25) is 0 Å². The molecule has 0 aliphatic heterocycles. The molecule has 0 aliphatic carbocycles. The standard InChI is InChI=1S/C11H13N3O3/c1-2-13-8-9-3-4-10(14(15)16)11(7-9)17-6-5-12/h3-4,7,13H,2,6,8H2,1H3. The summed E-state index contributed by atoms with van der Waals surface area (Å²) in [5.74, 6) is 0.131. The average molecular weight is 235 g/mol. The van der Waals surface area contributed by atoms with Gasteiger partial charge in [0, 0.05) is 12.6 Å². The fraction of sp³-hybridized carbons (Fsp3) is 0.364. The average Bonchev–Trinajstić information content (AvgIpc) is 2.33. The van der Waals surface area contributed by atoms with Crippen molar-refractivity contribution in [2.45, 2.75) is 13.5 Å². The van der Waals surface area contributed by atoms with Crippen molar-refractivity contribution in [3.05, 3.63) is 33.9 Å². The number of nitro groups is 1. The molecule has 1 aromatic rings. The summed E-state index contributed by atoms with van der Waals surface area (Å²) in [6.07, 6.45) is 0. The first-order valence-electron chi connectivity index (χ1n) is 5.16. The van der Waals surface area contributed by atoms with Gasteiger partial charge >= 0.3 is 5.69 Å². The van der Waals surface area contributed by atoms with Gasteiger partial charge < -0.3 is 10.1 Å². The van der Waals surface area contributed by atoms with Crippen LogP contribution in [0, 0.1) is 21.4 Å². The number of nitrogens with zero attached hydrogens (tertiary/aromatic N) is 2. The van der Waals surface area contributed by atoms with Crippen molar-refractivity contribution in [1.29, 1.82) is 5.26 Å². The molecule has 90 valence electrons. The van der Waals surface area contributed by atoms with Gasteiger partial charge in [0.05, 0.1) is 4.92 Å². The third kappa shape index (κ3) is 3.74. The minimum Gasteiger partial charge on any atom is -0.472 e. The summed E-state index contributed by atoms with van der Waals surface area (Å²) < 4.78 is 5.04. The van der Waals surface area contributed by atoms with Crippen LogP contribution in [0.2, 0.25) is 0 Å². The monoisotopic (exact) mass is 235 g/mol. The second-order valence-corrected chi connectivity index (χ2v) is 3.29. The molecule has 6 heteroatoms. The summed E-state index contributed by atoms with van der Waals surface area (Å²) in [4.78, 5) is 10.2. The number of hydrogen-bond donors (Lipinski definition) is 1. The summed E-state index contributed by atoms with van der Waals surface area (Å²) in [6.45, 7) is 3.19.